The van der Waals surface area contributed by atoms with Crippen LogP contribution < -0.4 is 0 Å². The van der Waals surface area contributed by atoms with Gasteiger partial charge in [-0.2, -0.15) is 0 Å². The molecule has 0 saturated carbocycles. The highest BCUT2D eigenvalue weighted by Gasteiger charge is 2.19. The van der Waals surface area contributed by atoms with Crippen LogP contribution in [-0.2, 0) is 22.7 Å². The molecular weight excluding hydrogens is 338 g/mol. The third-order valence-electron chi connectivity index (χ3n) is 4.84. The van der Waals surface area contributed by atoms with E-state index in [0.29, 0.717) is 19.6 Å². The van der Waals surface area contributed by atoms with Crippen LogP contribution in [0.2, 0.25) is 0 Å². The van der Waals surface area contributed by atoms with Crippen LogP contribution in [0.3, 0.4) is 0 Å². The Balaban J connectivity index is 1.33. The van der Waals surface area contributed by atoms with Gasteiger partial charge in [-0.3, -0.25) is 14.7 Å². The molecule has 0 aliphatic carbocycles. The first-order valence-corrected chi connectivity index (χ1v) is 9.83. The van der Waals surface area contributed by atoms with Crippen molar-refractivity contribution >= 4 is 5.91 Å². The Morgan fingerprint density at radius 2 is 1.85 bits per heavy atom. The zero-order valence-electron chi connectivity index (χ0n) is 15.9. The van der Waals surface area contributed by atoms with E-state index in [1.54, 1.807) is 0 Å². The lowest BCUT2D eigenvalue weighted by molar-refractivity contribution is -0.131. The van der Waals surface area contributed by atoms with Gasteiger partial charge in [0.1, 0.15) is 0 Å². The van der Waals surface area contributed by atoms with Crippen LogP contribution in [0.4, 0.5) is 0 Å². The molecule has 1 aromatic heterocycles. The Labute approximate surface area is 162 Å². The fourth-order valence-electron chi connectivity index (χ4n) is 3.35. The first-order chi connectivity index (χ1) is 13.3. The van der Waals surface area contributed by atoms with Gasteiger partial charge in [0.15, 0.2) is 0 Å². The summed E-state index contributed by atoms with van der Waals surface area (Å²) in [5, 5.41) is 0. The predicted molar refractivity (Wildman–Crippen MR) is 106 cm³/mol. The maximum atomic E-state index is 12.5. The van der Waals surface area contributed by atoms with Crippen LogP contribution in [-0.4, -0.2) is 53.5 Å². The van der Waals surface area contributed by atoms with Crippen molar-refractivity contribution < 1.29 is 9.53 Å². The fourth-order valence-corrected chi connectivity index (χ4v) is 3.35. The first-order valence-electron chi connectivity index (χ1n) is 9.83. The first kappa shape index (κ1) is 19.5. The predicted octanol–water partition coefficient (Wildman–Crippen LogP) is 3.11. The van der Waals surface area contributed by atoms with Crippen LogP contribution >= 0.6 is 0 Å². The summed E-state index contributed by atoms with van der Waals surface area (Å²) >= 11 is 0. The molecule has 1 aliphatic heterocycles. The summed E-state index contributed by atoms with van der Waals surface area (Å²) in [6, 6.07) is 16.2. The molecule has 1 aliphatic rings. The van der Waals surface area contributed by atoms with E-state index in [1.807, 2.05) is 41.4 Å². The van der Waals surface area contributed by atoms with Crippen molar-refractivity contribution in [3.05, 3.63) is 66.0 Å². The van der Waals surface area contributed by atoms with Crippen molar-refractivity contribution in [2.45, 2.75) is 32.4 Å². The molecule has 1 amide bonds. The van der Waals surface area contributed by atoms with Crippen molar-refractivity contribution in [1.82, 2.24) is 14.8 Å². The van der Waals surface area contributed by atoms with Gasteiger partial charge in [0, 0.05) is 51.9 Å². The van der Waals surface area contributed by atoms with Crippen LogP contribution in [0.5, 0.6) is 0 Å². The number of benzene rings is 1. The SMILES string of the molecule is O=C(CCCOCc1ccccc1)N1CCCN(Cc2ccccn2)CC1. The third kappa shape index (κ3) is 6.77. The molecule has 5 nitrogen and oxygen atoms in total. The summed E-state index contributed by atoms with van der Waals surface area (Å²) in [6.45, 7) is 5.67. The van der Waals surface area contributed by atoms with E-state index in [0.717, 1.165) is 51.3 Å². The molecule has 0 spiro atoms. The van der Waals surface area contributed by atoms with Crippen molar-refractivity contribution in [3.63, 3.8) is 0 Å². The molecule has 1 saturated heterocycles. The number of hydrogen-bond acceptors (Lipinski definition) is 4. The normalized spacial score (nSPS) is 15.5. The zero-order chi connectivity index (χ0) is 18.7. The largest absolute Gasteiger partial charge is 0.377 e. The smallest absolute Gasteiger partial charge is 0.222 e. The monoisotopic (exact) mass is 367 g/mol. The van der Waals surface area contributed by atoms with E-state index in [2.05, 4.69) is 28.1 Å². The molecule has 3 rings (SSSR count). The van der Waals surface area contributed by atoms with E-state index in [9.17, 15) is 4.79 Å². The van der Waals surface area contributed by atoms with Crippen LogP contribution in [0, 0.1) is 0 Å². The van der Waals surface area contributed by atoms with E-state index in [-0.39, 0.29) is 5.91 Å². The molecule has 2 aromatic rings. The Morgan fingerprint density at radius 3 is 2.67 bits per heavy atom. The number of ether oxygens (including phenoxy) is 1. The highest BCUT2D eigenvalue weighted by molar-refractivity contribution is 5.76. The molecule has 5 heteroatoms. The minimum absolute atomic E-state index is 0.248. The van der Waals surface area contributed by atoms with Gasteiger partial charge in [-0.1, -0.05) is 36.4 Å². The maximum Gasteiger partial charge on any atom is 0.222 e. The average Bonchev–Trinajstić information content (AvgIpc) is 2.95. The second-order valence-electron chi connectivity index (χ2n) is 6.97. The van der Waals surface area contributed by atoms with Crippen molar-refractivity contribution in [2.24, 2.45) is 0 Å². The second kappa shape index (κ2) is 10.8. The number of pyridine rings is 1. The van der Waals surface area contributed by atoms with Crippen LogP contribution in [0.25, 0.3) is 0 Å². The number of carbonyl (C=O) groups excluding carboxylic acids is 1. The van der Waals surface area contributed by atoms with E-state index in [1.165, 1.54) is 5.56 Å². The van der Waals surface area contributed by atoms with Crippen LogP contribution in [0.15, 0.2) is 54.7 Å². The maximum absolute atomic E-state index is 12.5. The molecular formula is C22H29N3O2. The molecule has 27 heavy (non-hydrogen) atoms. The quantitative estimate of drug-likeness (QED) is 0.673. The summed E-state index contributed by atoms with van der Waals surface area (Å²) in [4.78, 5) is 21.3. The van der Waals surface area contributed by atoms with Crippen molar-refractivity contribution in [3.8, 4) is 0 Å². The summed E-state index contributed by atoms with van der Waals surface area (Å²) < 4.78 is 5.68. The fraction of sp³-hybridized carbons (Fsp3) is 0.455. The number of rotatable bonds is 8. The Kier molecular flexibility index (Phi) is 7.81. The Hall–Kier alpha value is -2.24. The molecule has 1 aromatic carbocycles. The summed E-state index contributed by atoms with van der Waals surface area (Å²) in [6.07, 6.45) is 4.20. The third-order valence-corrected chi connectivity index (χ3v) is 4.84. The molecule has 144 valence electrons. The topological polar surface area (TPSA) is 45.7 Å². The van der Waals surface area contributed by atoms with Gasteiger partial charge in [-0.25, -0.2) is 0 Å². The standard InChI is InChI=1S/C22H29N3O2/c26-22(11-6-17-27-19-20-8-2-1-3-9-20)25-14-7-13-24(15-16-25)18-21-10-4-5-12-23-21/h1-5,8-10,12H,6-7,11,13-19H2. The average molecular weight is 367 g/mol. The van der Waals surface area contributed by atoms with E-state index < -0.39 is 0 Å². The number of aromatic nitrogens is 1. The van der Waals surface area contributed by atoms with Gasteiger partial charge in [-0.05, 0) is 30.5 Å². The molecule has 2 heterocycles. The number of amides is 1. The van der Waals surface area contributed by atoms with Crippen molar-refractivity contribution in [2.75, 3.05) is 32.8 Å². The van der Waals surface area contributed by atoms with Gasteiger partial charge >= 0.3 is 0 Å². The summed E-state index contributed by atoms with van der Waals surface area (Å²) in [7, 11) is 0. The minimum atomic E-state index is 0.248. The molecule has 0 N–H and O–H groups in total. The molecule has 0 radical (unpaired) electrons. The summed E-state index contributed by atoms with van der Waals surface area (Å²) in [5.74, 6) is 0.248. The van der Waals surface area contributed by atoms with Crippen LogP contribution in [0.1, 0.15) is 30.5 Å². The Morgan fingerprint density at radius 1 is 1.00 bits per heavy atom. The number of carbonyl (C=O) groups is 1. The molecule has 0 unspecified atom stereocenters. The van der Waals surface area contributed by atoms with E-state index in [4.69, 9.17) is 4.74 Å². The van der Waals surface area contributed by atoms with Gasteiger partial charge in [0.25, 0.3) is 0 Å². The van der Waals surface area contributed by atoms with Crippen molar-refractivity contribution in [1.29, 1.82) is 0 Å². The van der Waals surface area contributed by atoms with E-state index >= 15 is 0 Å². The highest BCUT2D eigenvalue weighted by Crippen LogP contribution is 2.09. The number of nitrogens with zero attached hydrogens (tertiary/aromatic N) is 3. The highest BCUT2D eigenvalue weighted by atomic mass is 16.5. The minimum Gasteiger partial charge on any atom is -0.377 e. The Bertz CT molecular complexity index is 678. The lowest BCUT2D eigenvalue weighted by Gasteiger charge is -2.22. The van der Waals surface area contributed by atoms with Gasteiger partial charge in [0.2, 0.25) is 5.91 Å². The van der Waals surface area contributed by atoms with Gasteiger partial charge in [-0.15, -0.1) is 0 Å². The molecule has 1 fully saturated rings. The van der Waals surface area contributed by atoms with Gasteiger partial charge in [0.05, 0.1) is 12.3 Å². The molecule has 0 bridgehead atoms. The zero-order valence-corrected chi connectivity index (χ0v) is 15.9. The second-order valence-corrected chi connectivity index (χ2v) is 6.97. The lowest BCUT2D eigenvalue weighted by Crippen LogP contribution is -2.35. The lowest BCUT2D eigenvalue weighted by atomic mass is 10.2. The van der Waals surface area contributed by atoms with Gasteiger partial charge < -0.3 is 9.64 Å². The summed E-state index contributed by atoms with van der Waals surface area (Å²) in [5.41, 5.74) is 2.26. The number of hydrogen-bond donors (Lipinski definition) is 0. The molecule has 0 atom stereocenters.